The van der Waals surface area contributed by atoms with Gasteiger partial charge in [0, 0.05) is 30.4 Å². The Hall–Kier alpha value is -4.34. The van der Waals surface area contributed by atoms with E-state index >= 15 is 0 Å². The number of pyridine rings is 1. The van der Waals surface area contributed by atoms with Gasteiger partial charge in [0.2, 0.25) is 5.78 Å². The number of ketones is 1. The molecule has 0 bridgehead atoms. The van der Waals surface area contributed by atoms with Crippen molar-refractivity contribution in [3.05, 3.63) is 78.9 Å². The SMILES string of the molecule is O=C(Cn1ccnc1)c1ccc(-c2ccc3c(c2)C[C@H]2[C@H](Cn4ccnn4)OC(=O)N32)cn1. The van der Waals surface area contributed by atoms with Crippen molar-refractivity contribution in [1.29, 1.82) is 0 Å². The Balaban J connectivity index is 1.21. The number of imidazole rings is 1. The molecule has 2 aliphatic heterocycles. The highest BCUT2D eigenvalue weighted by molar-refractivity contribution is 5.95. The van der Waals surface area contributed by atoms with Gasteiger partial charge >= 0.3 is 6.09 Å². The van der Waals surface area contributed by atoms with Crippen LogP contribution in [-0.4, -0.2) is 53.6 Å². The lowest BCUT2D eigenvalue weighted by Crippen LogP contribution is -2.35. The van der Waals surface area contributed by atoms with Gasteiger partial charge in [-0.15, -0.1) is 5.10 Å². The molecule has 6 rings (SSSR count). The highest BCUT2D eigenvalue weighted by atomic mass is 16.6. The smallest absolute Gasteiger partial charge is 0.415 e. The van der Waals surface area contributed by atoms with Crippen LogP contribution >= 0.6 is 0 Å². The number of ether oxygens (including phenoxy) is 1. The summed E-state index contributed by atoms with van der Waals surface area (Å²) >= 11 is 0. The lowest BCUT2D eigenvalue weighted by Gasteiger charge is -2.16. The minimum absolute atomic E-state index is 0.0757. The summed E-state index contributed by atoms with van der Waals surface area (Å²) < 4.78 is 8.99. The number of benzene rings is 1. The van der Waals surface area contributed by atoms with Gasteiger partial charge in [-0.25, -0.2) is 14.5 Å². The van der Waals surface area contributed by atoms with Crippen molar-refractivity contribution in [2.45, 2.75) is 31.7 Å². The molecule has 10 heteroatoms. The molecule has 4 aromatic rings. The Morgan fingerprint density at radius 1 is 1.12 bits per heavy atom. The summed E-state index contributed by atoms with van der Waals surface area (Å²) in [5.41, 5.74) is 4.25. The van der Waals surface area contributed by atoms with Crippen LogP contribution in [0.2, 0.25) is 0 Å². The maximum Gasteiger partial charge on any atom is 0.415 e. The number of aromatic nitrogens is 6. The Morgan fingerprint density at radius 3 is 2.79 bits per heavy atom. The van der Waals surface area contributed by atoms with Gasteiger partial charge in [-0.05, 0) is 35.7 Å². The topological polar surface area (TPSA) is 108 Å². The van der Waals surface area contributed by atoms with E-state index in [1.165, 1.54) is 0 Å². The van der Waals surface area contributed by atoms with Crippen LogP contribution in [0.25, 0.3) is 11.1 Å². The molecule has 0 spiro atoms. The molecule has 0 saturated carbocycles. The van der Waals surface area contributed by atoms with Crippen LogP contribution in [0.3, 0.4) is 0 Å². The van der Waals surface area contributed by atoms with E-state index in [0.717, 1.165) is 22.4 Å². The van der Waals surface area contributed by atoms with Gasteiger partial charge in [0.25, 0.3) is 0 Å². The van der Waals surface area contributed by atoms with Crippen molar-refractivity contribution in [3.63, 3.8) is 0 Å². The summed E-state index contributed by atoms with van der Waals surface area (Å²) in [5.74, 6) is -0.0777. The maximum atomic E-state index is 12.5. The fourth-order valence-corrected chi connectivity index (χ4v) is 4.49. The molecule has 1 saturated heterocycles. The van der Waals surface area contributed by atoms with Gasteiger partial charge in [0.15, 0.2) is 0 Å². The fourth-order valence-electron chi connectivity index (χ4n) is 4.49. The highest BCUT2D eigenvalue weighted by Gasteiger charge is 2.47. The van der Waals surface area contributed by atoms with Crippen molar-refractivity contribution in [3.8, 4) is 11.1 Å². The third kappa shape index (κ3) is 3.45. The number of nitrogens with zero attached hydrogens (tertiary/aromatic N) is 7. The third-order valence-electron chi connectivity index (χ3n) is 6.08. The Labute approximate surface area is 188 Å². The van der Waals surface area contributed by atoms with E-state index in [0.29, 0.717) is 18.7 Å². The molecule has 1 amide bonds. The quantitative estimate of drug-likeness (QED) is 0.423. The number of cyclic esters (lactones) is 1. The van der Waals surface area contributed by atoms with Crippen molar-refractivity contribution in [2.75, 3.05) is 4.90 Å². The zero-order valence-corrected chi connectivity index (χ0v) is 17.5. The summed E-state index contributed by atoms with van der Waals surface area (Å²) in [7, 11) is 0. The fraction of sp³-hybridized carbons (Fsp3) is 0.217. The van der Waals surface area contributed by atoms with E-state index in [-0.39, 0.29) is 30.6 Å². The lowest BCUT2D eigenvalue weighted by atomic mass is 10.0. The van der Waals surface area contributed by atoms with Crippen LogP contribution < -0.4 is 4.90 Å². The number of carbonyl (C=O) groups excluding carboxylic acids is 2. The number of Topliss-reactive ketones (excluding diaryl/α,β-unsaturated/α-hetero) is 1. The predicted octanol–water partition coefficient (Wildman–Crippen LogP) is 2.37. The molecule has 33 heavy (non-hydrogen) atoms. The molecule has 0 unspecified atom stereocenters. The van der Waals surface area contributed by atoms with Crippen molar-refractivity contribution in [2.24, 2.45) is 0 Å². The number of hydrogen-bond acceptors (Lipinski definition) is 7. The number of hydrogen-bond donors (Lipinski definition) is 0. The van der Waals surface area contributed by atoms with E-state index < -0.39 is 0 Å². The van der Waals surface area contributed by atoms with Crippen LogP contribution in [0.4, 0.5) is 10.5 Å². The molecule has 3 aromatic heterocycles. The minimum Gasteiger partial charge on any atom is -0.442 e. The van der Waals surface area contributed by atoms with E-state index in [4.69, 9.17) is 4.74 Å². The largest absolute Gasteiger partial charge is 0.442 e. The standard InChI is InChI=1S/C23H19N7O3/c31-21(12-28-7-5-24-14-28)18-3-1-16(11-25-18)15-2-4-19-17(9-15)10-20-22(33-23(32)30(19)20)13-29-8-6-26-27-29/h1-9,11,14,20,22H,10,12-13H2/t20-,22-/m0/s1. The van der Waals surface area contributed by atoms with Gasteiger partial charge in [0.05, 0.1) is 37.3 Å². The summed E-state index contributed by atoms with van der Waals surface area (Å²) in [6.45, 7) is 0.667. The van der Waals surface area contributed by atoms with Crippen molar-refractivity contribution in [1.82, 2.24) is 29.5 Å². The lowest BCUT2D eigenvalue weighted by molar-refractivity contribution is 0.0967. The van der Waals surface area contributed by atoms with E-state index in [1.54, 1.807) is 57.5 Å². The van der Waals surface area contributed by atoms with Gasteiger partial charge in [-0.2, -0.15) is 0 Å². The second-order valence-electron chi connectivity index (χ2n) is 8.12. The highest BCUT2D eigenvalue weighted by Crippen LogP contribution is 2.40. The van der Waals surface area contributed by atoms with Crippen LogP contribution in [0, 0.1) is 0 Å². The molecule has 0 aliphatic carbocycles. The molecule has 1 aromatic carbocycles. The van der Waals surface area contributed by atoms with Gasteiger partial charge in [-0.1, -0.05) is 17.3 Å². The van der Waals surface area contributed by atoms with Gasteiger partial charge in [-0.3, -0.25) is 14.7 Å². The van der Waals surface area contributed by atoms with E-state index in [9.17, 15) is 9.59 Å². The molecular weight excluding hydrogens is 422 g/mol. The number of amides is 1. The first kappa shape index (κ1) is 19.4. The number of anilines is 1. The minimum atomic E-state index is -0.334. The molecule has 0 N–H and O–H groups in total. The Morgan fingerprint density at radius 2 is 2.03 bits per heavy atom. The second kappa shape index (κ2) is 7.66. The van der Waals surface area contributed by atoms with Gasteiger partial charge < -0.3 is 9.30 Å². The third-order valence-corrected chi connectivity index (χ3v) is 6.08. The van der Waals surface area contributed by atoms with Crippen LogP contribution in [0.15, 0.2) is 67.6 Å². The van der Waals surface area contributed by atoms with Crippen molar-refractivity contribution < 1.29 is 14.3 Å². The summed E-state index contributed by atoms with van der Waals surface area (Å²) in [5, 5.41) is 7.80. The van der Waals surface area contributed by atoms with E-state index in [1.807, 2.05) is 18.2 Å². The first-order valence-corrected chi connectivity index (χ1v) is 10.6. The molecule has 5 heterocycles. The summed E-state index contributed by atoms with van der Waals surface area (Å²) in [6, 6.07) is 9.55. The monoisotopic (exact) mass is 441 g/mol. The zero-order valence-electron chi connectivity index (χ0n) is 17.5. The number of carbonyl (C=O) groups is 2. The average molecular weight is 441 g/mol. The van der Waals surface area contributed by atoms with Crippen LogP contribution in [0.1, 0.15) is 16.1 Å². The molecule has 1 fully saturated rings. The molecule has 0 radical (unpaired) electrons. The predicted molar refractivity (Wildman–Crippen MR) is 116 cm³/mol. The average Bonchev–Trinajstić information content (AvgIpc) is 3.62. The normalized spacial score (nSPS) is 18.8. The summed E-state index contributed by atoms with van der Waals surface area (Å²) in [4.78, 5) is 35.0. The second-order valence-corrected chi connectivity index (χ2v) is 8.12. The molecule has 164 valence electrons. The number of fused-ring (bicyclic) bond motifs is 3. The maximum absolute atomic E-state index is 12.5. The van der Waals surface area contributed by atoms with Crippen LogP contribution in [-0.2, 0) is 24.2 Å². The Kier molecular flexibility index (Phi) is 4.49. The summed E-state index contributed by atoms with van der Waals surface area (Å²) in [6.07, 6.45) is 10.1. The first-order chi connectivity index (χ1) is 16.2. The molecular formula is C23H19N7O3. The number of rotatable bonds is 6. The van der Waals surface area contributed by atoms with Crippen molar-refractivity contribution >= 4 is 17.6 Å². The Bertz CT molecular complexity index is 1320. The molecule has 2 atom stereocenters. The molecule has 10 nitrogen and oxygen atoms in total. The zero-order chi connectivity index (χ0) is 22.4. The first-order valence-electron chi connectivity index (χ1n) is 10.6. The van der Waals surface area contributed by atoms with E-state index in [2.05, 4.69) is 26.3 Å². The van der Waals surface area contributed by atoms with Gasteiger partial charge in [0.1, 0.15) is 11.8 Å². The van der Waals surface area contributed by atoms with Crippen LogP contribution in [0.5, 0.6) is 0 Å². The molecule has 2 aliphatic rings.